The van der Waals surface area contributed by atoms with Crippen molar-refractivity contribution in [3.05, 3.63) is 48.0 Å². The van der Waals surface area contributed by atoms with E-state index in [9.17, 15) is 0 Å². The molecule has 0 bridgehead atoms. The molecule has 1 heterocycles. The lowest BCUT2D eigenvalue weighted by atomic mass is 9.96. The van der Waals surface area contributed by atoms with Crippen molar-refractivity contribution in [3.8, 4) is 23.0 Å². The molecule has 2 aliphatic rings. The monoisotopic (exact) mass is 397 g/mol. The molecule has 146 valence electrons. The summed E-state index contributed by atoms with van der Waals surface area (Å²) in [6, 6.07) is 13.6. The normalized spacial score (nSPS) is 16.1. The van der Waals surface area contributed by atoms with Gasteiger partial charge in [-0.15, -0.1) is 0 Å². The van der Waals surface area contributed by atoms with Gasteiger partial charge in [-0.3, -0.25) is 5.43 Å². The third-order valence-electron chi connectivity index (χ3n) is 4.78. The molecule has 1 aliphatic carbocycles. The van der Waals surface area contributed by atoms with Crippen LogP contribution in [-0.2, 0) is 0 Å². The number of ether oxygens (including phenoxy) is 3. The van der Waals surface area contributed by atoms with Crippen LogP contribution in [0.1, 0.15) is 37.7 Å². The smallest absolute Gasteiger partial charge is 0.231 e. The summed E-state index contributed by atoms with van der Waals surface area (Å²) >= 11 is 5.30. The Morgan fingerprint density at radius 2 is 1.75 bits per heavy atom. The Bertz CT molecular complexity index is 848. The molecule has 2 aromatic carbocycles. The van der Waals surface area contributed by atoms with Crippen molar-refractivity contribution in [3.63, 3.8) is 0 Å². The van der Waals surface area contributed by atoms with Gasteiger partial charge in [-0.2, -0.15) is 5.10 Å². The minimum atomic E-state index is 0.250. The molecule has 4 rings (SSSR count). The van der Waals surface area contributed by atoms with Crippen molar-refractivity contribution >= 4 is 23.5 Å². The Kier molecular flexibility index (Phi) is 5.92. The fraction of sp³-hybridized carbons (Fsp3) is 0.333. The zero-order valence-electron chi connectivity index (χ0n) is 15.5. The maximum absolute atomic E-state index is 5.86. The molecule has 0 aromatic heterocycles. The molecule has 2 N–H and O–H groups in total. The summed E-state index contributed by atoms with van der Waals surface area (Å²) in [5.41, 5.74) is 3.84. The van der Waals surface area contributed by atoms with Crippen molar-refractivity contribution in [2.24, 2.45) is 5.10 Å². The number of rotatable bonds is 5. The van der Waals surface area contributed by atoms with Crippen LogP contribution in [0.2, 0.25) is 0 Å². The lowest BCUT2D eigenvalue weighted by Crippen LogP contribution is -2.40. The fourth-order valence-corrected chi connectivity index (χ4v) is 3.55. The lowest BCUT2D eigenvalue weighted by Gasteiger charge is -2.23. The van der Waals surface area contributed by atoms with Crippen molar-refractivity contribution in [1.82, 2.24) is 10.7 Å². The van der Waals surface area contributed by atoms with Crippen LogP contribution >= 0.6 is 12.2 Å². The van der Waals surface area contributed by atoms with Gasteiger partial charge in [-0.25, -0.2) is 0 Å². The van der Waals surface area contributed by atoms with Crippen LogP contribution in [0.5, 0.6) is 23.0 Å². The summed E-state index contributed by atoms with van der Waals surface area (Å²) in [6.45, 7) is 0.250. The molecule has 0 radical (unpaired) electrons. The molecule has 0 saturated heterocycles. The lowest BCUT2D eigenvalue weighted by molar-refractivity contribution is 0.174. The van der Waals surface area contributed by atoms with Crippen LogP contribution in [-0.4, -0.2) is 24.2 Å². The molecule has 0 atom stereocenters. The third kappa shape index (κ3) is 4.92. The SMILES string of the molecule is S=C(N/N=C/c1ccc(Oc2ccc3c(c2)OCO3)cc1)NC1CCCCC1. The molecule has 7 heteroatoms. The number of nitrogens with zero attached hydrogens (tertiary/aromatic N) is 1. The van der Waals surface area contributed by atoms with Crippen molar-refractivity contribution in [2.75, 3.05) is 6.79 Å². The van der Waals surface area contributed by atoms with Gasteiger partial charge in [0.25, 0.3) is 0 Å². The van der Waals surface area contributed by atoms with E-state index < -0.39 is 0 Å². The highest BCUT2D eigenvalue weighted by atomic mass is 32.1. The standard InChI is InChI=1S/C21H23N3O3S/c28-21(23-16-4-2-1-3-5-16)24-22-13-15-6-8-17(9-7-15)27-18-10-11-19-20(12-18)26-14-25-19/h6-13,16H,1-5,14H2,(H2,23,24,28)/b22-13+. The van der Waals surface area contributed by atoms with E-state index in [1.165, 1.54) is 32.1 Å². The Hall–Kier alpha value is -2.80. The number of hydrogen-bond acceptors (Lipinski definition) is 5. The number of fused-ring (bicyclic) bond motifs is 1. The van der Waals surface area contributed by atoms with Gasteiger partial charge >= 0.3 is 0 Å². The average Bonchev–Trinajstić information content (AvgIpc) is 3.18. The summed E-state index contributed by atoms with van der Waals surface area (Å²) in [4.78, 5) is 0. The number of hydrazone groups is 1. The molecule has 0 spiro atoms. The summed E-state index contributed by atoms with van der Waals surface area (Å²) in [5, 5.41) is 8.11. The van der Waals surface area contributed by atoms with Crippen LogP contribution in [0.15, 0.2) is 47.6 Å². The van der Waals surface area contributed by atoms with E-state index in [-0.39, 0.29) is 6.79 Å². The van der Waals surface area contributed by atoms with E-state index in [2.05, 4.69) is 15.8 Å². The second-order valence-corrected chi connectivity index (χ2v) is 7.27. The Balaban J connectivity index is 1.27. The number of hydrogen-bond donors (Lipinski definition) is 2. The molecule has 2 aromatic rings. The number of benzene rings is 2. The van der Waals surface area contributed by atoms with Crippen LogP contribution in [0.3, 0.4) is 0 Å². The molecule has 1 aliphatic heterocycles. The maximum Gasteiger partial charge on any atom is 0.231 e. The van der Waals surface area contributed by atoms with Gasteiger partial charge in [0.1, 0.15) is 11.5 Å². The number of nitrogens with one attached hydrogen (secondary N) is 2. The van der Waals surface area contributed by atoms with E-state index in [1.54, 1.807) is 6.21 Å². The first-order valence-corrected chi connectivity index (χ1v) is 9.94. The van der Waals surface area contributed by atoms with Gasteiger partial charge in [0.05, 0.1) is 6.21 Å². The second kappa shape index (κ2) is 8.93. The quantitative estimate of drug-likeness (QED) is 0.445. The van der Waals surface area contributed by atoms with E-state index in [0.717, 1.165) is 17.1 Å². The molecule has 1 fully saturated rings. The highest BCUT2D eigenvalue weighted by Crippen LogP contribution is 2.36. The Morgan fingerprint density at radius 1 is 1.00 bits per heavy atom. The molecule has 6 nitrogen and oxygen atoms in total. The maximum atomic E-state index is 5.86. The van der Waals surface area contributed by atoms with Crippen LogP contribution < -0.4 is 25.0 Å². The minimum absolute atomic E-state index is 0.250. The van der Waals surface area contributed by atoms with Gasteiger partial charge in [-0.05, 0) is 67.0 Å². The molecular weight excluding hydrogens is 374 g/mol. The van der Waals surface area contributed by atoms with E-state index in [1.807, 2.05) is 42.5 Å². The predicted octanol–water partition coefficient (Wildman–Crippen LogP) is 4.34. The van der Waals surface area contributed by atoms with Gasteiger partial charge in [0, 0.05) is 12.1 Å². The molecule has 0 amide bonds. The first-order valence-electron chi connectivity index (χ1n) is 9.53. The van der Waals surface area contributed by atoms with Crippen LogP contribution in [0.25, 0.3) is 0 Å². The predicted molar refractivity (Wildman–Crippen MR) is 112 cm³/mol. The van der Waals surface area contributed by atoms with E-state index in [0.29, 0.717) is 22.7 Å². The first kappa shape index (κ1) is 18.6. The van der Waals surface area contributed by atoms with Crippen LogP contribution in [0, 0.1) is 0 Å². The fourth-order valence-electron chi connectivity index (χ4n) is 3.33. The number of thiocarbonyl (C=S) groups is 1. The van der Waals surface area contributed by atoms with Crippen molar-refractivity contribution < 1.29 is 14.2 Å². The first-order chi connectivity index (χ1) is 13.8. The summed E-state index contributed by atoms with van der Waals surface area (Å²) < 4.78 is 16.5. The van der Waals surface area contributed by atoms with Gasteiger partial charge in [0.15, 0.2) is 16.6 Å². The minimum Gasteiger partial charge on any atom is -0.457 e. The van der Waals surface area contributed by atoms with Crippen molar-refractivity contribution in [1.29, 1.82) is 0 Å². The Labute approximate surface area is 169 Å². The van der Waals surface area contributed by atoms with Gasteiger partial charge < -0.3 is 19.5 Å². The molecule has 28 heavy (non-hydrogen) atoms. The topological polar surface area (TPSA) is 64.1 Å². The second-order valence-electron chi connectivity index (χ2n) is 6.86. The third-order valence-corrected chi connectivity index (χ3v) is 4.99. The van der Waals surface area contributed by atoms with E-state index >= 15 is 0 Å². The highest BCUT2D eigenvalue weighted by Gasteiger charge is 2.14. The summed E-state index contributed by atoms with van der Waals surface area (Å²) in [5.74, 6) is 2.87. The average molecular weight is 398 g/mol. The van der Waals surface area contributed by atoms with Crippen LogP contribution in [0.4, 0.5) is 0 Å². The Morgan fingerprint density at radius 3 is 2.57 bits per heavy atom. The summed E-state index contributed by atoms with van der Waals surface area (Å²) in [7, 11) is 0. The highest BCUT2D eigenvalue weighted by molar-refractivity contribution is 7.80. The largest absolute Gasteiger partial charge is 0.457 e. The zero-order chi connectivity index (χ0) is 19.2. The zero-order valence-corrected chi connectivity index (χ0v) is 16.3. The van der Waals surface area contributed by atoms with Gasteiger partial charge in [-0.1, -0.05) is 19.3 Å². The molecule has 1 saturated carbocycles. The van der Waals surface area contributed by atoms with Crippen molar-refractivity contribution in [2.45, 2.75) is 38.1 Å². The van der Waals surface area contributed by atoms with Gasteiger partial charge in [0.2, 0.25) is 6.79 Å². The molecular formula is C21H23N3O3S. The summed E-state index contributed by atoms with van der Waals surface area (Å²) in [6.07, 6.45) is 7.95. The van der Waals surface area contributed by atoms with E-state index in [4.69, 9.17) is 26.4 Å². The molecule has 0 unspecified atom stereocenters.